The van der Waals surface area contributed by atoms with Gasteiger partial charge in [-0.25, -0.2) is 14.8 Å². The van der Waals surface area contributed by atoms with Gasteiger partial charge >= 0.3 is 6.09 Å². The number of para-hydroxylation sites is 1. The molecule has 2 heterocycles. The van der Waals surface area contributed by atoms with E-state index in [2.05, 4.69) is 20.6 Å². The van der Waals surface area contributed by atoms with Gasteiger partial charge < -0.3 is 20.4 Å². The summed E-state index contributed by atoms with van der Waals surface area (Å²) in [5.41, 5.74) is 2.16. The number of carbonyl (C=O) groups excluding carboxylic acids is 1. The number of halogens is 1. The third kappa shape index (κ3) is 5.28. The van der Waals surface area contributed by atoms with Gasteiger partial charge in [0.15, 0.2) is 0 Å². The van der Waals surface area contributed by atoms with Crippen molar-refractivity contribution in [2.24, 2.45) is 0 Å². The number of nitrogens with one attached hydrogen (secondary N) is 3. The Bertz CT molecular complexity index is 1080. The first-order valence-electron chi connectivity index (χ1n) is 10.6. The van der Waals surface area contributed by atoms with E-state index in [9.17, 15) is 4.79 Å². The second kappa shape index (κ2) is 8.75. The van der Waals surface area contributed by atoms with E-state index < -0.39 is 5.60 Å². The quantitative estimate of drug-likeness (QED) is 0.495. The van der Waals surface area contributed by atoms with Gasteiger partial charge in [-0.2, -0.15) is 0 Å². The van der Waals surface area contributed by atoms with Crippen molar-refractivity contribution in [1.29, 1.82) is 0 Å². The Labute approximate surface area is 187 Å². The number of rotatable bonds is 4. The number of aromatic amines is 1. The summed E-state index contributed by atoms with van der Waals surface area (Å²) in [4.78, 5) is 24.5. The van der Waals surface area contributed by atoms with Crippen molar-refractivity contribution < 1.29 is 9.53 Å². The average molecular weight is 442 g/mol. The van der Waals surface area contributed by atoms with Gasteiger partial charge in [-0.1, -0.05) is 29.8 Å². The van der Waals surface area contributed by atoms with Crippen molar-refractivity contribution in [3.63, 3.8) is 0 Å². The molecule has 0 saturated heterocycles. The summed E-state index contributed by atoms with van der Waals surface area (Å²) in [6, 6.07) is 8.26. The van der Waals surface area contributed by atoms with E-state index in [0.29, 0.717) is 16.7 Å². The van der Waals surface area contributed by atoms with Crippen molar-refractivity contribution in [3.8, 4) is 11.3 Å². The molecule has 1 aliphatic rings. The molecule has 7 nitrogen and oxygen atoms in total. The highest BCUT2D eigenvalue weighted by atomic mass is 35.5. The molecule has 164 valence electrons. The van der Waals surface area contributed by atoms with E-state index >= 15 is 0 Å². The first-order chi connectivity index (χ1) is 14.8. The number of H-pyrrole nitrogens is 1. The van der Waals surface area contributed by atoms with Crippen molar-refractivity contribution in [1.82, 2.24) is 20.3 Å². The predicted molar refractivity (Wildman–Crippen MR) is 123 cm³/mol. The second-order valence-corrected chi connectivity index (χ2v) is 9.40. The highest BCUT2D eigenvalue weighted by Crippen LogP contribution is 2.32. The van der Waals surface area contributed by atoms with Crippen LogP contribution in [-0.2, 0) is 4.74 Å². The molecule has 3 aromatic rings. The highest BCUT2D eigenvalue weighted by molar-refractivity contribution is 6.33. The lowest BCUT2D eigenvalue weighted by Crippen LogP contribution is -2.44. The second-order valence-electron chi connectivity index (χ2n) is 8.99. The number of ether oxygens (including phenoxy) is 1. The molecule has 1 fully saturated rings. The molecule has 31 heavy (non-hydrogen) atoms. The number of fused-ring (bicyclic) bond motifs is 1. The van der Waals surface area contributed by atoms with Gasteiger partial charge in [0.1, 0.15) is 5.60 Å². The lowest BCUT2D eigenvalue weighted by atomic mass is 9.91. The van der Waals surface area contributed by atoms with Crippen LogP contribution in [-0.4, -0.2) is 38.7 Å². The van der Waals surface area contributed by atoms with Crippen LogP contribution in [0, 0.1) is 0 Å². The number of hydrogen-bond acceptors (Lipinski definition) is 5. The van der Waals surface area contributed by atoms with Gasteiger partial charge in [-0.15, -0.1) is 0 Å². The summed E-state index contributed by atoms with van der Waals surface area (Å²) in [6.07, 6.45) is 6.88. The lowest BCUT2D eigenvalue weighted by Gasteiger charge is -2.31. The first kappa shape index (κ1) is 21.4. The predicted octanol–water partition coefficient (Wildman–Crippen LogP) is 5.53. The number of nitrogens with zero attached hydrogens (tertiary/aromatic N) is 2. The summed E-state index contributed by atoms with van der Waals surface area (Å²) in [5.74, 6) is 0.535. The topological polar surface area (TPSA) is 91.9 Å². The largest absolute Gasteiger partial charge is 0.444 e. The standard InChI is InChI=1S/C23H28ClN5O2/c1-23(2,3)31-22(30)28-15-8-6-7-14(11-15)27-21-26-13-18(24)20(29-21)17-12-25-19-10-5-4-9-16(17)19/h4-5,9-10,12-15,25H,6-8,11H2,1-3H3,(H,28,30)(H,26,27,29)/t14-,15+/m1/s1. The van der Waals surface area contributed by atoms with Gasteiger partial charge in [-0.3, -0.25) is 0 Å². The SMILES string of the molecule is CC(C)(C)OC(=O)N[C@H]1CCC[C@@H](Nc2ncc(Cl)c(-c3c[nH]c4ccccc34)n2)C1. The molecule has 1 amide bonds. The minimum absolute atomic E-state index is 0.0569. The molecule has 4 rings (SSSR count). The maximum atomic E-state index is 12.1. The normalized spacial score (nSPS) is 19.2. The van der Waals surface area contributed by atoms with Crippen LogP contribution in [0.2, 0.25) is 5.02 Å². The molecular formula is C23H28ClN5O2. The monoisotopic (exact) mass is 441 g/mol. The first-order valence-corrected chi connectivity index (χ1v) is 11.0. The minimum Gasteiger partial charge on any atom is -0.444 e. The zero-order valence-corrected chi connectivity index (χ0v) is 18.8. The van der Waals surface area contributed by atoms with Gasteiger partial charge in [0.2, 0.25) is 5.95 Å². The fourth-order valence-electron chi connectivity index (χ4n) is 4.00. The fraction of sp³-hybridized carbons (Fsp3) is 0.435. The van der Waals surface area contributed by atoms with E-state index in [-0.39, 0.29) is 18.2 Å². The molecule has 1 saturated carbocycles. The van der Waals surface area contributed by atoms with Crippen LogP contribution in [0.25, 0.3) is 22.2 Å². The zero-order valence-electron chi connectivity index (χ0n) is 18.0. The summed E-state index contributed by atoms with van der Waals surface area (Å²) < 4.78 is 5.39. The van der Waals surface area contributed by atoms with Crippen LogP contribution in [0.1, 0.15) is 46.5 Å². The van der Waals surface area contributed by atoms with Crippen molar-refractivity contribution in [2.75, 3.05) is 5.32 Å². The number of hydrogen-bond donors (Lipinski definition) is 3. The van der Waals surface area contributed by atoms with Gasteiger partial charge in [0, 0.05) is 34.7 Å². The fourth-order valence-corrected chi connectivity index (χ4v) is 4.19. The smallest absolute Gasteiger partial charge is 0.407 e. The maximum Gasteiger partial charge on any atom is 0.407 e. The van der Waals surface area contributed by atoms with Crippen molar-refractivity contribution in [3.05, 3.63) is 41.7 Å². The molecular weight excluding hydrogens is 414 g/mol. The molecule has 1 aliphatic carbocycles. The molecule has 0 unspecified atom stereocenters. The zero-order chi connectivity index (χ0) is 22.0. The van der Waals surface area contributed by atoms with Crippen LogP contribution in [0.5, 0.6) is 0 Å². The molecule has 0 aliphatic heterocycles. The molecule has 3 N–H and O–H groups in total. The van der Waals surface area contributed by atoms with Crippen molar-refractivity contribution in [2.45, 2.75) is 64.1 Å². The van der Waals surface area contributed by atoms with Gasteiger partial charge in [-0.05, 0) is 52.5 Å². The maximum absolute atomic E-state index is 12.1. The molecule has 1 aromatic carbocycles. The Hall–Kier alpha value is -2.80. The Morgan fingerprint density at radius 1 is 1.23 bits per heavy atom. The molecule has 8 heteroatoms. The molecule has 0 spiro atoms. The average Bonchev–Trinajstić information content (AvgIpc) is 3.12. The number of benzene rings is 1. The van der Waals surface area contributed by atoms with E-state index in [0.717, 1.165) is 42.1 Å². The van der Waals surface area contributed by atoms with E-state index in [4.69, 9.17) is 21.3 Å². The highest BCUT2D eigenvalue weighted by Gasteiger charge is 2.26. The van der Waals surface area contributed by atoms with Crippen LogP contribution in [0.3, 0.4) is 0 Å². The molecule has 0 bridgehead atoms. The Balaban J connectivity index is 1.46. The van der Waals surface area contributed by atoms with Crippen LogP contribution < -0.4 is 10.6 Å². The number of aromatic nitrogens is 3. The Morgan fingerprint density at radius 2 is 2.00 bits per heavy atom. The summed E-state index contributed by atoms with van der Waals surface area (Å²) in [6.45, 7) is 5.59. The van der Waals surface area contributed by atoms with Crippen LogP contribution in [0.4, 0.5) is 10.7 Å². The summed E-state index contributed by atoms with van der Waals surface area (Å²) >= 11 is 6.44. The Kier molecular flexibility index (Phi) is 6.05. The number of carbonyl (C=O) groups is 1. The number of amides is 1. The number of anilines is 1. The van der Waals surface area contributed by atoms with E-state index in [1.54, 1.807) is 6.20 Å². The lowest BCUT2D eigenvalue weighted by molar-refractivity contribution is 0.0492. The third-order valence-electron chi connectivity index (χ3n) is 5.32. The summed E-state index contributed by atoms with van der Waals surface area (Å²) in [5, 5.41) is 7.98. The molecule has 0 radical (unpaired) electrons. The third-order valence-corrected chi connectivity index (χ3v) is 5.59. The summed E-state index contributed by atoms with van der Waals surface area (Å²) in [7, 11) is 0. The van der Waals surface area contributed by atoms with E-state index in [1.165, 1.54) is 0 Å². The van der Waals surface area contributed by atoms with E-state index in [1.807, 2.05) is 51.2 Å². The van der Waals surface area contributed by atoms with Crippen LogP contribution >= 0.6 is 11.6 Å². The molecule has 2 atom stereocenters. The van der Waals surface area contributed by atoms with Gasteiger partial charge in [0.05, 0.1) is 16.9 Å². The number of alkyl carbamates (subject to hydrolysis) is 1. The minimum atomic E-state index is -0.508. The molecule has 2 aromatic heterocycles. The van der Waals surface area contributed by atoms with Gasteiger partial charge in [0.25, 0.3) is 0 Å². The Morgan fingerprint density at radius 3 is 2.81 bits per heavy atom. The van der Waals surface area contributed by atoms with Crippen LogP contribution in [0.15, 0.2) is 36.7 Å². The van der Waals surface area contributed by atoms with Crippen molar-refractivity contribution >= 4 is 34.5 Å².